The van der Waals surface area contributed by atoms with E-state index in [-0.39, 0.29) is 0 Å². The van der Waals surface area contributed by atoms with Gasteiger partial charge in [-0.05, 0) is 68.1 Å². The van der Waals surface area contributed by atoms with Crippen molar-refractivity contribution in [1.82, 2.24) is 10.3 Å². The lowest BCUT2D eigenvalue weighted by atomic mass is 9.89. The van der Waals surface area contributed by atoms with Crippen molar-refractivity contribution in [3.8, 4) is 5.75 Å². The van der Waals surface area contributed by atoms with E-state index in [4.69, 9.17) is 4.74 Å². The average molecular weight is 286 g/mol. The van der Waals surface area contributed by atoms with Gasteiger partial charge in [-0.2, -0.15) is 0 Å². The molecule has 2 aromatic rings. The first-order valence-corrected chi connectivity index (χ1v) is 7.59. The fourth-order valence-corrected chi connectivity index (χ4v) is 3.12. The third-order valence-electron chi connectivity index (χ3n) is 4.36. The zero-order valence-corrected chi connectivity index (χ0v) is 12.4. The minimum Gasteiger partial charge on any atom is -0.497 e. The number of hydrogen-bond acceptors (Lipinski definition) is 4. The van der Waals surface area contributed by atoms with E-state index < -0.39 is 6.10 Å². The van der Waals surface area contributed by atoms with E-state index in [0.29, 0.717) is 5.92 Å². The van der Waals surface area contributed by atoms with E-state index in [1.807, 2.05) is 24.3 Å². The molecule has 1 aliphatic heterocycles. The summed E-state index contributed by atoms with van der Waals surface area (Å²) in [7, 11) is 1.66. The van der Waals surface area contributed by atoms with Crippen LogP contribution in [0.1, 0.15) is 30.9 Å². The van der Waals surface area contributed by atoms with Crippen molar-refractivity contribution in [2.75, 3.05) is 20.2 Å². The minimum atomic E-state index is -0.439. The van der Waals surface area contributed by atoms with Crippen molar-refractivity contribution >= 4 is 10.9 Å². The number of aliphatic hydroxyl groups excluding tert-OH is 1. The molecule has 1 unspecified atom stereocenters. The molecule has 1 aliphatic rings. The molecule has 2 N–H and O–H groups in total. The lowest BCUT2D eigenvalue weighted by Gasteiger charge is -2.25. The average Bonchev–Trinajstić information content (AvgIpc) is 2.54. The Hall–Kier alpha value is -1.65. The van der Waals surface area contributed by atoms with Gasteiger partial charge in [0.05, 0.1) is 18.7 Å². The molecule has 0 bridgehead atoms. The first kappa shape index (κ1) is 14.3. The van der Waals surface area contributed by atoms with E-state index in [2.05, 4.69) is 10.3 Å². The molecule has 2 heterocycles. The molecule has 1 aromatic carbocycles. The topological polar surface area (TPSA) is 54.4 Å². The highest BCUT2D eigenvalue weighted by molar-refractivity contribution is 5.83. The molecule has 112 valence electrons. The van der Waals surface area contributed by atoms with E-state index in [1.165, 1.54) is 0 Å². The molecule has 0 amide bonds. The molecule has 4 nitrogen and oxygen atoms in total. The lowest BCUT2D eigenvalue weighted by molar-refractivity contribution is 0.135. The SMILES string of the molecule is COc1ccc2nccc(C(O)CC3CCNCC3)c2c1. The van der Waals surface area contributed by atoms with Gasteiger partial charge in [0, 0.05) is 11.6 Å². The molecule has 0 radical (unpaired) electrons. The Balaban J connectivity index is 1.87. The minimum absolute atomic E-state index is 0.439. The number of methoxy groups -OCH3 is 1. The van der Waals surface area contributed by atoms with E-state index in [0.717, 1.165) is 54.6 Å². The molecule has 4 heteroatoms. The summed E-state index contributed by atoms with van der Waals surface area (Å²) in [6.45, 7) is 2.12. The van der Waals surface area contributed by atoms with Gasteiger partial charge in [0.1, 0.15) is 5.75 Å². The summed E-state index contributed by atoms with van der Waals surface area (Å²) < 4.78 is 5.29. The first-order valence-electron chi connectivity index (χ1n) is 7.59. The highest BCUT2D eigenvalue weighted by atomic mass is 16.5. The molecule has 0 spiro atoms. The smallest absolute Gasteiger partial charge is 0.119 e. The second-order valence-electron chi connectivity index (χ2n) is 5.73. The first-order chi connectivity index (χ1) is 10.3. The van der Waals surface area contributed by atoms with E-state index >= 15 is 0 Å². The Morgan fingerprint density at radius 3 is 2.90 bits per heavy atom. The summed E-state index contributed by atoms with van der Waals surface area (Å²) >= 11 is 0. The number of benzene rings is 1. The van der Waals surface area contributed by atoms with Crippen molar-refractivity contribution in [3.05, 3.63) is 36.0 Å². The Bertz CT molecular complexity index is 609. The number of aliphatic hydroxyl groups is 1. The quantitative estimate of drug-likeness (QED) is 0.907. The number of nitrogens with zero attached hydrogens (tertiary/aromatic N) is 1. The standard InChI is InChI=1S/C17H22N2O2/c1-21-13-2-3-16-15(11-13)14(6-9-19-16)17(20)10-12-4-7-18-8-5-12/h2-3,6,9,11-12,17-18,20H,4-5,7-8,10H2,1H3. The molecule has 3 rings (SSSR count). The van der Waals surface area contributed by atoms with Crippen molar-refractivity contribution in [2.45, 2.75) is 25.4 Å². The number of nitrogens with one attached hydrogen (secondary N) is 1. The Morgan fingerprint density at radius 1 is 1.33 bits per heavy atom. The molecule has 1 fully saturated rings. The van der Waals surface area contributed by atoms with Crippen LogP contribution in [0, 0.1) is 5.92 Å². The Morgan fingerprint density at radius 2 is 2.14 bits per heavy atom. The molecular weight excluding hydrogens is 264 g/mol. The highest BCUT2D eigenvalue weighted by Gasteiger charge is 2.20. The van der Waals surface area contributed by atoms with Crippen molar-refractivity contribution < 1.29 is 9.84 Å². The van der Waals surface area contributed by atoms with Gasteiger partial charge in [-0.15, -0.1) is 0 Å². The van der Waals surface area contributed by atoms with Crippen molar-refractivity contribution in [3.63, 3.8) is 0 Å². The lowest BCUT2D eigenvalue weighted by Crippen LogP contribution is -2.28. The maximum Gasteiger partial charge on any atom is 0.119 e. The predicted octanol–water partition coefficient (Wildman–Crippen LogP) is 2.67. The van der Waals surface area contributed by atoms with E-state index in [1.54, 1.807) is 13.3 Å². The zero-order chi connectivity index (χ0) is 14.7. The number of hydrogen-bond donors (Lipinski definition) is 2. The van der Waals surface area contributed by atoms with Crippen molar-refractivity contribution in [2.24, 2.45) is 5.92 Å². The largest absolute Gasteiger partial charge is 0.497 e. The Labute approximate surface area is 125 Å². The second-order valence-corrected chi connectivity index (χ2v) is 5.73. The number of fused-ring (bicyclic) bond motifs is 1. The second kappa shape index (κ2) is 6.41. The van der Waals surface area contributed by atoms with Crippen LogP contribution < -0.4 is 10.1 Å². The van der Waals surface area contributed by atoms with Crippen LogP contribution in [0.4, 0.5) is 0 Å². The highest BCUT2D eigenvalue weighted by Crippen LogP contribution is 2.31. The van der Waals surface area contributed by atoms with Crippen LogP contribution in [0.15, 0.2) is 30.5 Å². The fraction of sp³-hybridized carbons (Fsp3) is 0.471. The van der Waals surface area contributed by atoms with Gasteiger partial charge < -0.3 is 15.2 Å². The van der Waals surface area contributed by atoms with Crippen LogP contribution >= 0.6 is 0 Å². The van der Waals surface area contributed by atoms with Gasteiger partial charge >= 0.3 is 0 Å². The van der Waals surface area contributed by atoms with Gasteiger partial charge in [0.2, 0.25) is 0 Å². The van der Waals surface area contributed by atoms with Crippen LogP contribution in [-0.4, -0.2) is 30.3 Å². The van der Waals surface area contributed by atoms with Gasteiger partial charge in [-0.25, -0.2) is 0 Å². The number of piperidine rings is 1. The van der Waals surface area contributed by atoms with Crippen LogP contribution in [0.2, 0.25) is 0 Å². The number of ether oxygens (including phenoxy) is 1. The van der Waals surface area contributed by atoms with Gasteiger partial charge in [-0.3, -0.25) is 4.98 Å². The number of aromatic nitrogens is 1. The summed E-state index contributed by atoms with van der Waals surface area (Å²) in [5.41, 5.74) is 1.86. The molecule has 0 saturated carbocycles. The zero-order valence-electron chi connectivity index (χ0n) is 12.4. The summed E-state index contributed by atoms with van der Waals surface area (Å²) in [4.78, 5) is 4.37. The third-order valence-corrected chi connectivity index (χ3v) is 4.36. The molecule has 1 saturated heterocycles. The third kappa shape index (κ3) is 3.17. The van der Waals surface area contributed by atoms with Gasteiger partial charge in [-0.1, -0.05) is 0 Å². The number of pyridine rings is 1. The Kier molecular flexibility index (Phi) is 4.36. The maximum absolute atomic E-state index is 10.6. The van der Waals surface area contributed by atoms with Crippen LogP contribution in [0.25, 0.3) is 10.9 Å². The van der Waals surface area contributed by atoms with Crippen LogP contribution in [0.5, 0.6) is 5.75 Å². The van der Waals surface area contributed by atoms with E-state index in [9.17, 15) is 5.11 Å². The van der Waals surface area contributed by atoms with Gasteiger partial charge in [0.15, 0.2) is 0 Å². The predicted molar refractivity (Wildman–Crippen MR) is 83.5 cm³/mol. The molecule has 1 atom stereocenters. The summed E-state index contributed by atoms with van der Waals surface area (Å²) in [6.07, 6.45) is 4.44. The fourth-order valence-electron chi connectivity index (χ4n) is 3.12. The van der Waals surface area contributed by atoms with Crippen LogP contribution in [-0.2, 0) is 0 Å². The maximum atomic E-state index is 10.6. The number of rotatable bonds is 4. The summed E-state index contributed by atoms with van der Waals surface area (Å²) in [5.74, 6) is 1.39. The van der Waals surface area contributed by atoms with Gasteiger partial charge in [0.25, 0.3) is 0 Å². The van der Waals surface area contributed by atoms with Crippen molar-refractivity contribution in [1.29, 1.82) is 0 Å². The normalized spacial score (nSPS) is 17.8. The molecule has 1 aromatic heterocycles. The molecule has 0 aliphatic carbocycles. The monoisotopic (exact) mass is 286 g/mol. The molecule has 21 heavy (non-hydrogen) atoms. The summed E-state index contributed by atoms with van der Waals surface area (Å²) in [6, 6.07) is 7.73. The van der Waals surface area contributed by atoms with Crippen LogP contribution in [0.3, 0.4) is 0 Å². The summed E-state index contributed by atoms with van der Waals surface area (Å²) in [5, 5.41) is 15.0. The molecular formula is C17H22N2O2.